The molecule has 2 aromatic carbocycles. The predicted molar refractivity (Wildman–Crippen MR) is 104 cm³/mol. The fourth-order valence-corrected chi connectivity index (χ4v) is 3.81. The van der Waals surface area contributed by atoms with Gasteiger partial charge < -0.3 is 0 Å². The van der Waals surface area contributed by atoms with Crippen molar-refractivity contribution in [1.29, 1.82) is 0 Å². The smallest absolute Gasteiger partial charge is 0.257 e. The first kappa shape index (κ1) is 17.9. The molecule has 5 heteroatoms. The number of hydrogen-bond donors (Lipinski definition) is 0. The van der Waals surface area contributed by atoms with Gasteiger partial charge in [0.1, 0.15) is 5.82 Å². The van der Waals surface area contributed by atoms with Crippen molar-refractivity contribution >= 4 is 11.6 Å². The Kier molecular flexibility index (Phi) is 5.03. The lowest BCUT2D eigenvalue weighted by Gasteiger charge is -2.24. The van der Waals surface area contributed by atoms with E-state index in [9.17, 15) is 9.18 Å². The van der Waals surface area contributed by atoms with E-state index in [1.165, 1.54) is 17.7 Å². The van der Waals surface area contributed by atoms with Crippen molar-refractivity contribution in [2.45, 2.75) is 32.2 Å². The summed E-state index contributed by atoms with van der Waals surface area (Å²) in [5.41, 5.74) is 3.96. The Morgan fingerprint density at radius 3 is 2.41 bits per heavy atom. The first-order valence-electron chi connectivity index (χ1n) is 9.54. The summed E-state index contributed by atoms with van der Waals surface area (Å²) in [6.45, 7) is 4.41. The molecule has 2 heterocycles. The zero-order valence-electron chi connectivity index (χ0n) is 15.6. The van der Waals surface area contributed by atoms with Crippen LogP contribution in [-0.4, -0.2) is 41.2 Å². The number of halogens is 1. The van der Waals surface area contributed by atoms with Gasteiger partial charge in [0.15, 0.2) is 0 Å². The number of benzene rings is 2. The second-order valence-electron chi connectivity index (χ2n) is 7.41. The number of likely N-dealkylation sites (tertiary alicyclic amines) is 1. The lowest BCUT2D eigenvalue weighted by molar-refractivity contribution is -0.134. The molecule has 1 unspecified atom stereocenters. The SMILES string of the molecule is Cc1ccc(C2CC(c3ccc(F)cc3)=NN2C(=O)CN2CCCC2)cc1. The van der Waals surface area contributed by atoms with Crippen LogP contribution in [0.3, 0.4) is 0 Å². The molecule has 0 saturated carbocycles. The predicted octanol–water partition coefficient (Wildman–Crippen LogP) is 3.91. The number of carbonyl (C=O) groups is 1. The lowest BCUT2D eigenvalue weighted by Crippen LogP contribution is -2.36. The molecule has 1 fully saturated rings. The Morgan fingerprint density at radius 2 is 1.74 bits per heavy atom. The third-order valence-electron chi connectivity index (χ3n) is 5.36. The number of carbonyl (C=O) groups excluding carboxylic acids is 1. The van der Waals surface area contributed by atoms with E-state index in [2.05, 4.69) is 41.2 Å². The minimum absolute atomic E-state index is 0.0274. The molecule has 1 atom stereocenters. The van der Waals surface area contributed by atoms with E-state index in [4.69, 9.17) is 0 Å². The van der Waals surface area contributed by atoms with Crippen molar-refractivity contribution in [3.8, 4) is 0 Å². The van der Waals surface area contributed by atoms with Crippen molar-refractivity contribution in [3.05, 3.63) is 71.0 Å². The van der Waals surface area contributed by atoms with Crippen LogP contribution in [0.4, 0.5) is 4.39 Å². The third-order valence-corrected chi connectivity index (χ3v) is 5.36. The molecule has 0 bridgehead atoms. The Hall–Kier alpha value is -2.53. The zero-order chi connectivity index (χ0) is 18.8. The molecular weight excluding hydrogens is 341 g/mol. The standard InChI is InChI=1S/C22H24FN3O/c1-16-4-6-18(7-5-16)21-14-20(17-8-10-19(23)11-9-17)24-26(21)22(27)15-25-12-2-3-13-25/h4-11,21H,2-3,12-15H2,1H3. The van der Waals surface area contributed by atoms with Crippen molar-refractivity contribution in [1.82, 2.24) is 9.91 Å². The van der Waals surface area contributed by atoms with Gasteiger partial charge in [0.05, 0.1) is 18.3 Å². The quantitative estimate of drug-likeness (QED) is 0.824. The summed E-state index contributed by atoms with van der Waals surface area (Å²) in [6.07, 6.45) is 2.94. The molecule has 2 aliphatic heterocycles. The van der Waals surface area contributed by atoms with Crippen LogP contribution in [0.1, 0.15) is 42.0 Å². The second kappa shape index (κ2) is 7.61. The highest BCUT2D eigenvalue weighted by Gasteiger charge is 2.33. The highest BCUT2D eigenvalue weighted by atomic mass is 19.1. The minimum Gasteiger partial charge on any atom is -0.294 e. The first-order valence-corrected chi connectivity index (χ1v) is 9.54. The molecule has 0 radical (unpaired) electrons. The second-order valence-corrected chi connectivity index (χ2v) is 7.41. The molecule has 0 N–H and O–H groups in total. The summed E-state index contributed by atoms with van der Waals surface area (Å²) < 4.78 is 13.3. The van der Waals surface area contributed by atoms with Crippen LogP contribution < -0.4 is 0 Å². The Bertz CT molecular complexity index is 839. The highest BCUT2D eigenvalue weighted by molar-refractivity contribution is 6.03. The summed E-state index contributed by atoms with van der Waals surface area (Å²) in [5, 5.41) is 6.30. The average molecular weight is 365 g/mol. The summed E-state index contributed by atoms with van der Waals surface area (Å²) in [6, 6.07) is 14.5. The normalized spacial score (nSPS) is 20.1. The first-order chi connectivity index (χ1) is 13.1. The molecule has 1 amide bonds. The third kappa shape index (κ3) is 3.93. The van der Waals surface area contributed by atoms with E-state index in [0.29, 0.717) is 13.0 Å². The molecule has 0 spiro atoms. The van der Waals surface area contributed by atoms with E-state index < -0.39 is 0 Å². The van der Waals surface area contributed by atoms with Crippen LogP contribution in [0, 0.1) is 12.7 Å². The largest absolute Gasteiger partial charge is 0.294 e. The van der Waals surface area contributed by atoms with Crippen LogP contribution >= 0.6 is 0 Å². The Balaban J connectivity index is 1.61. The number of amides is 1. The van der Waals surface area contributed by atoms with Gasteiger partial charge >= 0.3 is 0 Å². The fraction of sp³-hybridized carbons (Fsp3) is 0.364. The van der Waals surface area contributed by atoms with E-state index in [1.807, 2.05) is 0 Å². The van der Waals surface area contributed by atoms with Crippen LogP contribution in [0.2, 0.25) is 0 Å². The van der Waals surface area contributed by atoms with Gasteiger partial charge in [0, 0.05) is 6.42 Å². The van der Waals surface area contributed by atoms with Crippen LogP contribution in [0.25, 0.3) is 0 Å². The summed E-state index contributed by atoms with van der Waals surface area (Å²) in [5.74, 6) is -0.242. The molecule has 2 aromatic rings. The van der Waals surface area contributed by atoms with E-state index in [0.717, 1.165) is 42.8 Å². The monoisotopic (exact) mass is 365 g/mol. The lowest BCUT2D eigenvalue weighted by atomic mass is 9.97. The molecule has 0 aliphatic carbocycles. The summed E-state index contributed by atoms with van der Waals surface area (Å²) in [7, 11) is 0. The van der Waals surface area contributed by atoms with Gasteiger partial charge in [-0.2, -0.15) is 5.10 Å². The number of rotatable bonds is 4. The zero-order valence-corrected chi connectivity index (χ0v) is 15.6. The molecule has 0 aromatic heterocycles. The van der Waals surface area contributed by atoms with Crippen molar-refractivity contribution in [2.24, 2.45) is 5.10 Å². The maximum atomic E-state index is 13.3. The minimum atomic E-state index is -0.269. The summed E-state index contributed by atoms with van der Waals surface area (Å²) >= 11 is 0. The maximum absolute atomic E-state index is 13.3. The van der Waals surface area contributed by atoms with Gasteiger partial charge in [-0.15, -0.1) is 0 Å². The summed E-state index contributed by atoms with van der Waals surface area (Å²) in [4.78, 5) is 15.2. The molecule has 2 aliphatic rings. The fourth-order valence-electron chi connectivity index (χ4n) is 3.81. The number of hydrazone groups is 1. The Labute approximate surface area is 159 Å². The molecular formula is C22H24FN3O. The molecule has 4 nitrogen and oxygen atoms in total. The molecule has 1 saturated heterocycles. The average Bonchev–Trinajstić information content (AvgIpc) is 3.33. The van der Waals surface area contributed by atoms with E-state index >= 15 is 0 Å². The topological polar surface area (TPSA) is 35.9 Å². The van der Waals surface area contributed by atoms with Crippen LogP contribution in [0.15, 0.2) is 53.6 Å². The van der Waals surface area contributed by atoms with Gasteiger partial charge in [-0.05, 0) is 56.1 Å². The van der Waals surface area contributed by atoms with Gasteiger partial charge in [0.25, 0.3) is 5.91 Å². The van der Waals surface area contributed by atoms with E-state index in [1.54, 1.807) is 17.1 Å². The van der Waals surface area contributed by atoms with Crippen molar-refractivity contribution in [2.75, 3.05) is 19.6 Å². The van der Waals surface area contributed by atoms with Crippen LogP contribution in [-0.2, 0) is 4.79 Å². The van der Waals surface area contributed by atoms with Gasteiger partial charge in [0.2, 0.25) is 0 Å². The van der Waals surface area contributed by atoms with Gasteiger partial charge in [-0.3, -0.25) is 9.69 Å². The van der Waals surface area contributed by atoms with Crippen molar-refractivity contribution in [3.63, 3.8) is 0 Å². The maximum Gasteiger partial charge on any atom is 0.257 e. The Morgan fingerprint density at radius 1 is 1.07 bits per heavy atom. The van der Waals surface area contributed by atoms with Crippen molar-refractivity contribution < 1.29 is 9.18 Å². The highest BCUT2D eigenvalue weighted by Crippen LogP contribution is 2.33. The number of hydrogen-bond acceptors (Lipinski definition) is 3. The van der Waals surface area contributed by atoms with Gasteiger partial charge in [-0.1, -0.05) is 42.0 Å². The number of nitrogens with zero attached hydrogens (tertiary/aromatic N) is 3. The molecule has 4 rings (SSSR count). The van der Waals surface area contributed by atoms with Gasteiger partial charge in [-0.25, -0.2) is 9.40 Å². The molecule has 27 heavy (non-hydrogen) atoms. The molecule has 140 valence electrons. The van der Waals surface area contributed by atoms with E-state index in [-0.39, 0.29) is 17.8 Å². The number of aryl methyl sites for hydroxylation is 1. The van der Waals surface area contributed by atoms with Crippen LogP contribution in [0.5, 0.6) is 0 Å².